The summed E-state index contributed by atoms with van der Waals surface area (Å²) in [6.45, 7) is 0. The molecular formula is C6H14N2O3S2. The molecule has 0 fully saturated rings. The van der Waals surface area contributed by atoms with Crippen LogP contribution >= 0.6 is 11.8 Å². The Morgan fingerprint density at radius 1 is 1.54 bits per heavy atom. The summed E-state index contributed by atoms with van der Waals surface area (Å²) in [6, 6.07) is -0.690. The van der Waals surface area contributed by atoms with E-state index in [0.717, 1.165) is 0 Å². The summed E-state index contributed by atoms with van der Waals surface area (Å²) in [5.74, 6) is 0.347. The summed E-state index contributed by atoms with van der Waals surface area (Å²) in [7, 11) is -2.92. The van der Waals surface area contributed by atoms with E-state index in [-0.39, 0.29) is 5.75 Å². The second-order valence-electron chi connectivity index (χ2n) is 2.71. The van der Waals surface area contributed by atoms with Crippen molar-refractivity contribution < 1.29 is 13.2 Å². The van der Waals surface area contributed by atoms with Gasteiger partial charge in [0.05, 0.1) is 11.8 Å². The Kier molecular flexibility index (Phi) is 5.34. The van der Waals surface area contributed by atoms with Crippen LogP contribution in [0.5, 0.6) is 0 Å². The van der Waals surface area contributed by atoms with E-state index in [1.807, 2.05) is 0 Å². The van der Waals surface area contributed by atoms with E-state index in [1.54, 1.807) is 0 Å². The van der Waals surface area contributed by atoms with Crippen molar-refractivity contribution >= 4 is 27.5 Å². The molecule has 0 heterocycles. The van der Waals surface area contributed by atoms with Crippen molar-refractivity contribution in [3.63, 3.8) is 0 Å². The minimum absolute atomic E-state index is 0.100. The Morgan fingerprint density at radius 2 is 2.08 bits per heavy atom. The second kappa shape index (κ2) is 5.46. The smallest absolute Gasteiger partial charge is 0.235 e. The Bertz CT molecular complexity index is 263. The first kappa shape index (κ1) is 12.7. The van der Waals surface area contributed by atoms with Crippen LogP contribution in [0.1, 0.15) is 0 Å². The SMILES string of the molecule is CS(=O)(=O)CCSCC(N)C(N)=O. The van der Waals surface area contributed by atoms with Crippen LogP contribution in [-0.4, -0.2) is 43.9 Å². The minimum Gasteiger partial charge on any atom is -0.368 e. The molecule has 0 spiro atoms. The summed E-state index contributed by atoms with van der Waals surface area (Å²) < 4.78 is 21.3. The highest BCUT2D eigenvalue weighted by Crippen LogP contribution is 2.02. The number of sulfone groups is 1. The first-order valence-electron chi connectivity index (χ1n) is 3.63. The average Bonchev–Trinajstić information content (AvgIpc) is 1.95. The molecule has 78 valence electrons. The van der Waals surface area contributed by atoms with Crippen molar-refractivity contribution in [3.8, 4) is 0 Å². The molecule has 0 saturated carbocycles. The third kappa shape index (κ3) is 8.07. The highest BCUT2D eigenvalue weighted by molar-refractivity contribution is 8.00. The van der Waals surface area contributed by atoms with E-state index in [2.05, 4.69) is 0 Å². The van der Waals surface area contributed by atoms with Crippen LogP contribution in [0, 0.1) is 0 Å². The second-order valence-corrected chi connectivity index (χ2v) is 6.12. The van der Waals surface area contributed by atoms with Gasteiger partial charge in [0.15, 0.2) is 0 Å². The number of primary amides is 1. The zero-order chi connectivity index (χ0) is 10.5. The number of nitrogens with two attached hydrogens (primary N) is 2. The van der Waals surface area contributed by atoms with Crippen LogP contribution in [-0.2, 0) is 14.6 Å². The fraction of sp³-hybridized carbons (Fsp3) is 0.833. The molecule has 1 amide bonds. The highest BCUT2D eigenvalue weighted by Gasteiger charge is 2.09. The standard InChI is InChI=1S/C6H14N2O3S2/c1-13(10,11)3-2-12-4-5(7)6(8)9/h5H,2-4,7H2,1H3,(H2,8,9). The van der Waals surface area contributed by atoms with Crippen LogP contribution < -0.4 is 11.5 Å². The van der Waals surface area contributed by atoms with Crippen LogP contribution in [0.3, 0.4) is 0 Å². The van der Waals surface area contributed by atoms with Crippen LogP contribution in [0.25, 0.3) is 0 Å². The maximum absolute atomic E-state index is 10.7. The molecule has 5 nitrogen and oxygen atoms in total. The van der Waals surface area contributed by atoms with Crippen LogP contribution in [0.2, 0.25) is 0 Å². The lowest BCUT2D eigenvalue weighted by atomic mass is 10.3. The van der Waals surface area contributed by atoms with E-state index < -0.39 is 21.8 Å². The number of thioether (sulfide) groups is 1. The molecule has 0 aliphatic heterocycles. The summed E-state index contributed by atoms with van der Waals surface area (Å²) in [5.41, 5.74) is 10.2. The third-order valence-electron chi connectivity index (χ3n) is 1.26. The molecule has 0 bridgehead atoms. The zero-order valence-electron chi connectivity index (χ0n) is 7.39. The fourth-order valence-corrected chi connectivity index (χ4v) is 2.77. The minimum atomic E-state index is -2.92. The molecule has 0 aromatic heterocycles. The van der Waals surface area contributed by atoms with Crippen LogP contribution in [0.4, 0.5) is 0 Å². The van der Waals surface area contributed by atoms with Crippen molar-refractivity contribution in [1.29, 1.82) is 0 Å². The number of hydrogen-bond donors (Lipinski definition) is 2. The predicted octanol–water partition coefficient (Wildman–Crippen LogP) is -1.42. The molecule has 13 heavy (non-hydrogen) atoms. The van der Waals surface area contributed by atoms with Crippen molar-refractivity contribution in [2.45, 2.75) is 6.04 Å². The fourth-order valence-electron chi connectivity index (χ4n) is 0.503. The molecule has 0 aliphatic rings. The van der Waals surface area contributed by atoms with E-state index in [1.165, 1.54) is 18.0 Å². The molecule has 0 aromatic carbocycles. The van der Waals surface area contributed by atoms with Gasteiger partial charge in [0.2, 0.25) is 5.91 Å². The lowest BCUT2D eigenvalue weighted by Gasteiger charge is -2.05. The van der Waals surface area contributed by atoms with Gasteiger partial charge < -0.3 is 11.5 Å². The summed E-state index contributed by atoms with van der Waals surface area (Å²) in [6.07, 6.45) is 1.17. The molecule has 0 saturated heterocycles. The monoisotopic (exact) mass is 226 g/mol. The van der Waals surface area contributed by atoms with Crippen LogP contribution in [0.15, 0.2) is 0 Å². The van der Waals surface area contributed by atoms with Crippen molar-refractivity contribution in [1.82, 2.24) is 0 Å². The molecule has 4 N–H and O–H groups in total. The zero-order valence-corrected chi connectivity index (χ0v) is 9.03. The molecule has 1 unspecified atom stereocenters. The summed E-state index contributed by atoms with van der Waals surface area (Å²) in [4.78, 5) is 10.5. The Hall–Kier alpha value is -0.270. The number of amides is 1. The van der Waals surface area contributed by atoms with Gasteiger partial charge in [-0.15, -0.1) is 0 Å². The van der Waals surface area contributed by atoms with Gasteiger partial charge >= 0.3 is 0 Å². The van der Waals surface area contributed by atoms with E-state index in [4.69, 9.17) is 11.5 Å². The maximum Gasteiger partial charge on any atom is 0.235 e. The first-order valence-corrected chi connectivity index (χ1v) is 6.85. The Morgan fingerprint density at radius 3 is 2.46 bits per heavy atom. The molecule has 0 rings (SSSR count). The van der Waals surface area contributed by atoms with Gasteiger partial charge in [-0.1, -0.05) is 0 Å². The lowest BCUT2D eigenvalue weighted by molar-refractivity contribution is -0.118. The molecule has 1 atom stereocenters. The molecule has 0 aromatic rings. The van der Waals surface area contributed by atoms with Gasteiger partial charge in [-0.3, -0.25) is 4.79 Å². The van der Waals surface area contributed by atoms with Gasteiger partial charge in [-0.05, 0) is 0 Å². The first-order chi connectivity index (χ1) is 5.83. The lowest BCUT2D eigenvalue weighted by Crippen LogP contribution is -2.38. The largest absolute Gasteiger partial charge is 0.368 e. The Labute approximate surface area is 82.2 Å². The van der Waals surface area contributed by atoms with E-state index in [9.17, 15) is 13.2 Å². The van der Waals surface area contributed by atoms with Gasteiger partial charge in [0.25, 0.3) is 0 Å². The van der Waals surface area contributed by atoms with Crippen molar-refractivity contribution in [2.24, 2.45) is 11.5 Å². The van der Waals surface area contributed by atoms with Gasteiger partial charge in [-0.25, -0.2) is 8.42 Å². The third-order valence-corrected chi connectivity index (χ3v) is 3.55. The highest BCUT2D eigenvalue weighted by atomic mass is 32.2. The number of carbonyl (C=O) groups excluding carboxylic acids is 1. The van der Waals surface area contributed by atoms with Gasteiger partial charge in [0, 0.05) is 17.8 Å². The Balaban J connectivity index is 3.53. The number of carbonyl (C=O) groups is 1. The molecular weight excluding hydrogens is 212 g/mol. The predicted molar refractivity (Wildman–Crippen MR) is 54.2 cm³/mol. The molecule has 0 aliphatic carbocycles. The van der Waals surface area contributed by atoms with Gasteiger partial charge in [-0.2, -0.15) is 11.8 Å². The quantitative estimate of drug-likeness (QED) is 0.541. The van der Waals surface area contributed by atoms with E-state index >= 15 is 0 Å². The number of rotatable bonds is 6. The van der Waals surface area contributed by atoms with Gasteiger partial charge in [0.1, 0.15) is 9.84 Å². The average molecular weight is 226 g/mol. The van der Waals surface area contributed by atoms with Crippen molar-refractivity contribution in [2.75, 3.05) is 23.5 Å². The topological polar surface area (TPSA) is 103 Å². The van der Waals surface area contributed by atoms with Crippen molar-refractivity contribution in [3.05, 3.63) is 0 Å². The number of hydrogen-bond acceptors (Lipinski definition) is 5. The summed E-state index contributed by atoms with van der Waals surface area (Å²) >= 11 is 1.31. The maximum atomic E-state index is 10.7. The summed E-state index contributed by atoms with van der Waals surface area (Å²) in [5, 5.41) is 0. The van der Waals surface area contributed by atoms with E-state index in [0.29, 0.717) is 11.5 Å². The molecule has 7 heteroatoms. The molecule has 0 radical (unpaired) electrons. The normalized spacial score (nSPS) is 14.0.